The van der Waals surface area contributed by atoms with Gasteiger partial charge in [-0.2, -0.15) is 4.98 Å². The first-order valence-electron chi connectivity index (χ1n) is 13.1. The van der Waals surface area contributed by atoms with Gasteiger partial charge in [0.2, 0.25) is 5.95 Å². The number of benzene rings is 2. The van der Waals surface area contributed by atoms with E-state index >= 15 is 0 Å². The predicted octanol–water partition coefficient (Wildman–Crippen LogP) is 6.16. The monoisotopic (exact) mass is 524 g/mol. The molecule has 0 atom stereocenters. The van der Waals surface area contributed by atoms with Crippen molar-refractivity contribution in [3.63, 3.8) is 0 Å². The summed E-state index contributed by atoms with van der Waals surface area (Å²) >= 11 is 6.68. The second kappa shape index (κ2) is 10.5. The number of piperidine rings is 1. The Bertz CT molecular complexity index is 1620. The molecule has 4 aromatic rings. The first kappa shape index (κ1) is 24.5. The van der Waals surface area contributed by atoms with Crippen molar-refractivity contribution < 1.29 is 0 Å². The van der Waals surface area contributed by atoms with E-state index < -0.39 is 0 Å². The van der Waals surface area contributed by atoms with Crippen LogP contribution in [0.15, 0.2) is 70.7 Å². The van der Waals surface area contributed by atoms with Gasteiger partial charge < -0.3 is 10.6 Å². The molecule has 38 heavy (non-hydrogen) atoms. The highest BCUT2D eigenvalue weighted by Crippen LogP contribution is 2.32. The number of allylic oxidation sites excluding steroid dienone is 1. The average Bonchev–Trinajstić information content (AvgIpc) is 3.49. The van der Waals surface area contributed by atoms with Crippen LogP contribution in [0.4, 0.5) is 11.6 Å². The van der Waals surface area contributed by atoms with Crippen molar-refractivity contribution in [1.82, 2.24) is 19.9 Å². The van der Waals surface area contributed by atoms with E-state index in [2.05, 4.69) is 44.9 Å². The third-order valence-electron chi connectivity index (χ3n) is 7.40. The van der Waals surface area contributed by atoms with E-state index in [1.54, 1.807) is 10.8 Å². The number of hydrogen-bond donors (Lipinski definition) is 2. The summed E-state index contributed by atoms with van der Waals surface area (Å²) < 4.78 is 1.68. The predicted molar refractivity (Wildman–Crippen MR) is 156 cm³/mol. The van der Waals surface area contributed by atoms with Gasteiger partial charge in [0.1, 0.15) is 5.65 Å². The van der Waals surface area contributed by atoms with Gasteiger partial charge in [-0.15, -0.1) is 0 Å². The molecule has 0 spiro atoms. The highest BCUT2D eigenvalue weighted by Gasteiger charge is 2.17. The van der Waals surface area contributed by atoms with Gasteiger partial charge >= 0.3 is 0 Å². The van der Waals surface area contributed by atoms with E-state index in [0.717, 1.165) is 41.7 Å². The standard InChI is InChI=1S/C30H29ClN6O/c1-2-37-28-23(15-26(29(37)38)25-8-5-21(16-27(25)31)22-11-14-33-17-22)18-34-30(36-28)35-24-6-3-19(4-7-24)20-9-12-32-13-10-20/h3-8,14-18,20,32H,2,9-13H2,1H3,(H,34,35,36). The lowest BCUT2D eigenvalue weighted by atomic mass is 9.90. The molecule has 1 saturated heterocycles. The fraction of sp³-hybridized carbons (Fsp3) is 0.267. The number of rotatable bonds is 6. The Morgan fingerprint density at radius 2 is 1.89 bits per heavy atom. The number of aryl methyl sites for hydroxylation is 1. The zero-order valence-corrected chi connectivity index (χ0v) is 22.0. The Labute approximate surface area is 226 Å². The molecule has 0 unspecified atom stereocenters. The van der Waals surface area contributed by atoms with Crippen LogP contribution in [0.5, 0.6) is 0 Å². The van der Waals surface area contributed by atoms with Gasteiger partial charge in [-0.05, 0) is 79.7 Å². The molecule has 2 aromatic carbocycles. The molecular weight excluding hydrogens is 496 g/mol. The number of fused-ring (bicyclic) bond motifs is 1. The van der Waals surface area contributed by atoms with Crippen LogP contribution in [0.1, 0.15) is 43.2 Å². The first-order chi connectivity index (χ1) is 18.6. The number of aliphatic imine (C=N–C) groups is 1. The van der Waals surface area contributed by atoms with E-state index in [0.29, 0.717) is 40.2 Å². The molecule has 8 heteroatoms. The minimum atomic E-state index is -0.131. The molecule has 2 aliphatic rings. The third kappa shape index (κ3) is 4.75. The average molecular weight is 525 g/mol. The van der Waals surface area contributed by atoms with Gasteiger partial charge in [0.15, 0.2) is 0 Å². The lowest BCUT2D eigenvalue weighted by Crippen LogP contribution is -2.26. The molecule has 0 aliphatic carbocycles. The Balaban J connectivity index is 1.30. The Kier molecular flexibility index (Phi) is 6.79. The molecule has 6 rings (SSSR count). The van der Waals surface area contributed by atoms with Crippen LogP contribution in [0, 0.1) is 0 Å². The lowest BCUT2D eigenvalue weighted by molar-refractivity contribution is 0.460. The van der Waals surface area contributed by atoms with Crippen molar-refractivity contribution in [3.05, 3.63) is 87.4 Å². The van der Waals surface area contributed by atoms with Crippen LogP contribution < -0.4 is 16.2 Å². The summed E-state index contributed by atoms with van der Waals surface area (Å²) in [6.07, 6.45) is 8.58. The summed E-state index contributed by atoms with van der Waals surface area (Å²) in [4.78, 5) is 27.0. The molecule has 0 bridgehead atoms. The Morgan fingerprint density at radius 1 is 1.08 bits per heavy atom. The molecule has 0 saturated carbocycles. The quantitative estimate of drug-likeness (QED) is 0.315. The molecule has 1 fully saturated rings. The highest BCUT2D eigenvalue weighted by molar-refractivity contribution is 6.33. The lowest BCUT2D eigenvalue weighted by Gasteiger charge is -2.23. The largest absolute Gasteiger partial charge is 0.324 e. The summed E-state index contributed by atoms with van der Waals surface area (Å²) in [7, 11) is 0. The molecule has 2 aliphatic heterocycles. The van der Waals surface area contributed by atoms with E-state index in [1.807, 2.05) is 43.6 Å². The smallest absolute Gasteiger partial charge is 0.260 e. The molecule has 192 valence electrons. The number of halogens is 1. The zero-order chi connectivity index (χ0) is 26.1. The van der Waals surface area contributed by atoms with Crippen LogP contribution >= 0.6 is 11.6 Å². The van der Waals surface area contributed by atoms with Gasteiger partial charge in [0.25, 0.3) is 5.56 Å². The maximum absolute atomic E-state index is 13.6. The molecular formula is C30H29ClN6O. The minimum Gasteiger partial charge on any atom is -0.324 e. The zero-order valence-electron chi connectivity index (χ0n) is 21.2. The fourth-order valence-electron chi connectivity index (χ4n) is 5.30. The van der Waals surface area contributed by atoms with E-state index in [4.69, 9.17) is 16.6 Å². The van der Waals surface area contributed by atoms with Crippen LogP contribution in [0.3, 0.4) is 0 Å². The maximum atomic E-state index is 13.6. The number of nitrogens with zero attached hydrogens (tertiary/aromatic N) is 4. The second-order valence-corrected chi connectivity index (χ2v) is 10.1. The van der Waals surface area contributed by atoms with Gasteiger partial charge in [-0.1, -0.05) is 35.9 Å². The van der Waals surface area contributed by atoms with E-state index in [9.17, 15) is 4.79 Å². The SMILES string of the molecule is CCn1c(=O)c(-c2ccc(C3=CN=CC3)cc2Cl)cc2cnc(Nc3ccc(C4CCNCC4)cc3)nc21. The van der Waals surface area contributed by atoms with Crippen molar-refractivity contribution in [1.29, 1.82) is 0 Å². The molecule has 0 radical (unpaired) electrons. The Hall–Kier alpha value is -3.81. The fourth-order valence-corrected chi connectivity index (χ4v) is 5.58. The number of nitrogens with one attached hydrogen (secondary N) is 2. The number of pyridine rings is 1. The van der Waals surface area contributed by atoms with Crippen molar-refractivity contribution in [2.45, 2.75) is 38.6 Å². The third-order valence-corrected chi connectivity index (χ3v) is 7.71. The normalized spacial score (nSPS) is 15.7. The summed E-state index contributed by atoms with van der Waals surface area (Å²) in [5.41, 5.74) is 6.08. The van der Waals surface area contributed by atoms with Crippen molar-refractivity contribution >= 4 is 46.1 Å². The summed E-state index contributed by atoms with van der Waals surface area (Å²) in [6.45, 7) is 4.56. The highest BCUT2D eigenvalue weighted by atomic mass is 35.5. The van der Waals surface area contributed by atoms with Crippen LogP contribution in [0.2, 0.25) is 5.02 Å². The minimum absolute atomic E-state index is 0.131. The second-order valence-electron chi connectivity index (χ2n) is 9.74. The van der Waals surface area contributed by atoms with Gasteiger partial charge in [0.05, 0.1) is 0 Å². The van der Waals surface area contributed by atoms with E-state index in [1.165, 1.54) is 18.4 Å². The van der Waals surface area contributed by atoms with Crippen LogP contribution in [-0.4, -0.2) is 33.8 Å². The Morgan fingerprint density at radius 3 is 2.61 bits per heavy atom. The van der Waals surface area contributed by atoms with Crippen molar-refractivity contribution in [2.24, 2.45) is 4.99 Å². The molecule has 4 heterocycles. The van der Waals surface area contributed by atoms with Gasteiger partial charge in [0, 0.05) is 58.8 Å². The molecule has 7 nitrogen and oxygen atoms in total. The number of hydrogen-bond acceptors (Lipinski definition) is 6. The first-order valence-corrected chi connectivity index (χ1v) is 13.5. The van der Waals surface area contributed by atoms with E-state index in [-0.39, 0.29) is 5.56 Å². The maximum Gasteiger partial charge on any atom is 0.260 e. The van der Waals surface area contributed by atoms with Crippen molar-refractivity contribution in [2.75, 3.05) is 18.4 Å². The molecule has 0 amide bonds. The number of aromatic nitrogens is 3. The topological polar surface area (TPSA) is 84.2 Å². The van der Waals surface area contributed by atoms with Gasteiger partial charge in [-0.25, -0.2) is 4.98 Å². The molecule has 2 aromatic heterocycles. The number of anilines is 2. The van der Waals surface area contributed by atoms with Crippen LogP contribution in [-0.2, 0) is 6.54 Å². The summed E-state index contributed by atoms with van der Waals surface area (Å²) in [5, 5.41) is 8.02. The summed E-state index contributed by atoms with van der Waals surface area (Å²) in [6, 6.07) is 16.1. The summed E-state index contributed by atoms with van der Waals surface area (Å²) in [5.74, 6) is 1.06. The van der Waals surface area contributed by atoms with Gasteiger partial charge in [-0.3, -0.25) is 14.4 Å². The molecule has 2 N–H and O–H groups in total. The van der Waals surface area contributed by atoms with Crippen molar-refractivity contribution in [3.8, 4) is 11.1 Å². The van der Waals surface area contributed by atoms with Crippen LogP contribution in [0.25, 0.3) is 27.7 Å².